The molecule has 0 saturated carbocycles. The van der Waals surface area contributed by atoms with Gasteiger partial charge in [-0.2, -0.15) is 18.4 Å². The molecule has 0 aliphatic carbocycles. The van der Waals surface area contributed by atoms with E-state index in [1.165, 1.54) is 24.3 Å². The number of hydrogen-bond acceptors (Lipinski definition) is 6. The molecule has 2 aromatic heterocycles. The molecule has 134 valence electrons. The van der Waals surface area contributed by atoms with Crippen LogP contribution >= 0.6 is 11.6 Å². The fraction of sp³-hybridized carbons (Fsp3) is 0.143. The molecule has 8 nitrogen and oxygen atoms in total. The van der Waals surface area contributed by atoms with Gasteiger partial charge in [-0.25, -0.2) is 0 Å². The molecule has 1 aromatic carbocycles. The van der Waals surface area contributed by atoms with Crippen LogP contribution in [0.15, 0.2) is 36.5 Å². The summed E-state index contributed by atoms with van der Waals surface area (Å²) in [5.41, 5.74) is -0.630. The van der Waals surface area contributed by atoms with Crippen molar-refractivity contribution in [2.45, 2.75) is 12.1 Å². The standard InChI is InChI=1S/C14H8ClF3N6O2/c15-10-5-8(14(16,17)18)6-19-12(10)11(13-20-22-23-21-13)7-1-3-9(4-2-7)24(25)26/h1-6,11H,(H,20,21,22,23). The molecule has 0 aliphatic rings. The maximum absolute atomic E-state index is 12.8. The molecule has 0 saturated heterocycles. The molecule has 2 heterocycles. The second-order valence-corrected chi connectivity index (χ2v) is 5.55. The Morgan fingerprint density at radius 2 is 1.92 bits per heavy atom. The monoisotopic (exact) mass is 384 g/mol. The molecule has 0 aliphatic heterocycles. The zero-order valence-corrected chi connectivity index (χ0v) is 13.4. The molecule has 0 bridgehead atoms. The summed E-state index contributed by atoms with van der Waals surface area (Å²) in [6.45, 7) is 0. The molecule has 1 unspecified atom stereocenters. The highest BCUT2D eigenvalue weighted by atomic mass is 35.5. The van der Waals surface area contributed by atoms with Crippen molar-refractivity contribution in [1.82, 2.24) is 25.6 Å². The van der Waals surface area contributed by atoms with Crippen molar-refractivity contribution >= 4 is 17.3 Å². The van der Waals surface area contributed by atoms with Crippen LogP contribution in [0.5, 0.6) is 0 Å². The van der Waals surface area contributed by atoms with E-state index >= 15 is 0 Å². The van der Waals surface area contributed by atoms with Crippen LogP contribution in [-0.4, -0.2) is 30.5 Å². The Morgan fingerprint density at radius 1 is 1.23 bits per heavy atom. The van der Waals surface area contributed by atoms with Crippen LogP contribution in [0.1, 0.15) is 28.6 Å². The third-order valence-corrected chi connectivity index (χ3v) is 3.83. The summed E-state index contributed by atoms with van der Waals surface area (Å²) in [5.74, 6) is -0.752. The molecule has 1 atom stereocenters. The van der Waals surface area contributed by atoms with Gasteiger partial charge in [0.1, 0.15) is 0 Å². The lowest BCUT2D eigenvalue weighted by Gasteiger charge is -2.16. The maximum atomic E-state index is 12.8. The Bertz CT molecular complexity index is 931. The molecule has 0 amide bonds. The molecule has 0 spiro atoms. The lowest BCUT2D eigenvalue weighted by atomic mass is 9.94. The van der Waals surface area contributed by atoms with Crippen molar-refractivity contribution in [3.05, 3.63) is 74.3 Å². The lowest BCUT2D eigenvalue weighted by Crippen LogP contribution is -2.11. The number of nitro benzene ring substituents is 1. The van der Waals surface area contributed by atoms with Gasteiger partial charge in [-0.3, -0.25) is 15.1 Å². The molecule has 26 heavy (non-hydrogen) atoms. The number of rotatable bonds is 4. The van der Waals surface area contributed by atoms with E-state index in [0.29, 0.717) is 11.8 Å². The first-order valence-electron chi connectivity index (χ1n) is 6.97. The van der Waals surface area contributed by atoms with E-state index in [9.17, 15) is 23.3 Å². The number of benzene rings is 1. The zero-order valence-electron chi connectivity index (χ0n) is 12.6. The number of non-ortho nitro benzene ring substituents is 1. The normalized spacial score (nSPS) is 12.8. The minimum atomic E-state index is -4.59. The molecule has 0 radical (unpaired) electrons. The molecular formula is C14H8ClF3N6O2. The number of aromatic amines is 1. The van der Waals surface area contributed by atoms with E-state index in [2.05, 4.69) is 25.6 Å². The minimum absolute atomic E-state index is 0.0647. The molecule has 1 N–H and O–H groups in total. The van der Waals surface area contributed by atoms with E-state index < -0.39 is 22.6 Å². The van der Waals surface area contributed by atoms with Crippen molar-refractivity contribution in [2.75, 3.05) is 0 Å². The van der Waals surface area contributed by atoms with Crippen LogP contribution in [0.25, 0.3) is 0 Å². The summed E-state index contributed by atoms with van der Waals surface area (Å²) in [5, 5.41) is 23.9. The number of nitrogens with zero attached hydrogens (tertiary/aromatic N) is 5. The predicted molar refractivity (Wildman–Crippen MR) is 82.5 cm³/mol. The SMILES string of the molecule is O=[N+]([O-])c1ccc(C(c2nn[nH]n2)c2ncc(C(F)(F)F)cc2Cl)cc1. The highest BCUT2D eigenvalue weighted by Gasteiger charge is 2.33. The van der Waals surface area contributed by atoms with Crippen LogP contribution in [0.2, 0.25) is 5.02 Å². The largest absolute Gasteiger partial charge is 0.417 e. The van der Waals surface area contributed by atoms with Crippen molar-refractivity contribution in [3.63, 3.8) is 0 Å². The molecule has 12 heteroatoms. The number of tetrazole rings is 1. The summed E-state index contributed by atoms with van der Waals surface area (Å²) in [6, 6.07) is 6.10. The fourth-order valence-corrected chi connectivity index (χ4v) is 2.60. The average molecular weight is 385 g/mol. The number of hydrogen-bond donors (Lipinski definition) is 1. The molecular weight excluding hydrogens is 377 g/mol. The Morgan fingerprint density at radius 3 is 2.42 bits per heavy atom. The number of pyridine rings is 1. The Labute approximate surface area is 148 Å². The molecule has 3 aromatic rings. The van der Waals surface area contributed by atoms with Crippen LogP contribution < -0.4 is 0 Å². The number of alkyl halides is 3. The topological polar surface area (TPSA) is 110 Å². The highest BCUT2D eigenvalue weighted by molar-refractivity contribution is 6.31. The van der Waals surface area contributed by atoms with Gasteiger partial charge in [-0.15, -0.1) is 10.2 Å². The van der Waals surface area contributed by atoms with Crippen LogP contribution in [0.3, 0.4) is 0 Å². The van der Waals surface area contributed by atoms with Gasteiger partial charge in [0.2, 0.25) is 0 Å². The van der Waals surface area contributed by atoms with E-state index in [1.54, 1.807) is 0 Å². The summed E-state index contributed by atoms with van der Waals surface area (Å²) in [4.78, 5) is 14.0. The summed E-state index contributed by atoms with van der Waals surface area (Å²) >= 11 is 6.02. The zero-order chi connectivity index (χ0) is 18.9. The number of nitrogens with one attached hydrogen (secondary N) is 1. The Balaban J connectivity index is 2.10. The van der Waals surface area contributed by atoms with E-state index in [1.807, 2.05) is 0 Å². The van der Waals surface area contributed by atoms with E-state index in [4.69, 9.17) is 11.6 Å². The Hall–Kier alpha value is -3.08. The summed E-state index contributed by atoms with van der Waals surface area (Å²) in [6.07, 6.45) is -3.94. The second kappa shape index (κ2) is 6.67. The van der Waals surface area contributed by atoms with Gasteiger partial charge >= 0.3 is 6.18 Å². The predicted octanol–water partition coefficient (Wildman–Crippen LogP) is 3.36. The van der Waals surface area contributed by atoms with Crippen molar-refractivity contribution < 1.29 is 18.1 Å². The van der Waals surface area contributed by atoms with Gasteiger partial charge in [0.25, 0.3) is 5.69 Å². The Kier molecular flexibility index (Phi) is 4.55. The average Bonchev–Trinajstić information content (AvgIpc) is 3.10. The van der Waals surface area contributed by atoms with Crippen LogP contribution in [0.4, 0.5) is 18.9 Å². The van der Waals surface area contributed by atoms with Gasteiger partial charge in [0.15, 0.2) is 5.82 Å². The van der Waals surface area contributed by atoms with Crippen molar-refractivity contribution in [2.24, 2.45) is 0 Å². The fourth-order valence-electron chi connectivity index (χ4n) is 2.33. The van der Waals surface area contributed by atoms with E-state index in [0.717, 1.165) is 6.07 Å². The van der Waals surface area contributed by atoms with Gasteiger partial charge in [-0.05, 0) is 11.6 Å². The lowest BCUT2D eigenvalue weighted by molar-refractivity contribution is -0.384. The third-order valence-electron chi connectivity index (χ3n) is 3.53. The first kappa shape index (κ1) is 17.7. The number of H-pyrrole nitrogens is 1. The third kappa shape index (κ3) is 3.47. The van der Waals surface area contributed by atoms with Gasteiger partial charge < -0.3 is 0 Å². The van der Waals surface area contributed by atoms with Crippen molar-refractivity contribution in [1.29, 1.82) is 0 Å². The van der Waals surface area contributed by atoms with Crippen molar-refractivity contribution in [3.8, 4) is 0 Å². The first-order chi connectivity index (χ1) is 12.3. The minimum Gasteiger partial charge on any atom is -0.258 e. The second-order valence-electron chi connectivity index (χ2n) is 5.14. The maximum Gasteiger partial charge on any atom is 0.417 e. The molecule has 3 rings (SSSR count). The van der Waals surface area contributed by atoms with Gasteiger partial charge in [0.05, 0.1) is 27.1 Å². The van der Waals surface area contributed by atoms with Gasteiger partial charge in [0, 0.05) is 18.3 Å². The quantitative estimate of drug-likeness (QED) is 0.545. The highest BCUT2D eigenvalue weighted by Crippen LogP contribution is 2.36. The van der Waals surface area contributed by atoms with Gasteiger partial charge in [-0.1, -0.05) is 28.9 Å². The number of halogens is 4. The number of aromatic nitrogens is 5. The number of nitro groups is 1. The first-order valence-corrected chi connectivity index (χ1v) is 7.35. The smallest absolute Gasteiger partial charge is 0.258 e. The van der Waals surface area contributed by atoms with Crippen LogP contribution in [0, 0.1) is 10.1 Å². The molecule has 0 fully saturated rings. The van der Waals surface area contributed by atoms with E-state index in [-0.39, 0.29) is 22.2 Å². The summed E-state index contributed by atoms with van der Waals surface area (Å²) < 4.78 is 38.4. The van der Waals surface area contributed by atoms with Crippen LogP contribution in [-0.2, 0) is 6.18 Å². The summed E-state index contributed by atoms with van der Waals surface area (Å²) in [7, 11) is 0.